The Morgan fingerprint density at radius 3 is 2.07 bits per heavy atom. The highest BCUT2D eigenvalue weighted by Crippen LogP contribution is 2.33. The van der Waals surface area contributed by atoms with Crippen molar-refractivity contribution in [2.24, 2.45) is 17.8 Å². The molecule has 1 unspecified atom stereocenters. The molecule has 1 aliphatic rings. The molecule has 0 radical (unpaired) electrons. The van der Waals surface area contributed by atoms with Crippen molar-refractivity contribution in [2.45, 2.75) is 19.3 Å². The Morgan fingerprint density at radius 2 is 1.64 bits per heavy atom. The second kappa shape index (κ2) is 4.21. The normalized spacial score (nSPS) is 32.1. The average Bonchev–Trinajstić information content (AvgIpc) is 2.16. The van der Waals surface area contributed by atoms with E-state index >= 15 is 0 Å². The predicted molar refractivity (Wildman–Crippen MR) is 45.7 cm³/mol. The summed E-state index contributed by atoms with van der Waals surface area (Å²) in [4.78, 5) is 31.9. The maximum Gasteiger partial charge on any atom is 0.307 e. The molecule has 0 aromatic carbocycles. The van der Waals surface area contributed by atoms with E-state index in [1.54, 1.807) is 0 Å². The Hall–Kier alpha value is -1.39. The van der Waals surface area contributed by atoms with Gasteiger partial charge in [-0.25, -0.2) is 0 Å². The average molecular weight is 200 g/mol. The van der Waals surface area contributed by atoms with Crippen LogP contribution in [0.15, 0.2) is 0 Å². The molecule has 3 atom stereocenters. The minimum absolute atomic E-state index is 0.149. The van der Waals surface area contributed by atoms with Crippen LogP contribution in [0.25, 0.3) is 0 Å². The second-order valence-electron chi connectivity index (χ2n) is 3.60. The Bertz CT molecular complexity index is 260. The molecule has 0 spiro atoms. The van der Waals surface area contributed by atoms with Crippen molar-refractivity contribution in [3.8, 4) is 0 Å². The second-order valence-corrected chi connectivity index (χ2v) is 3.60. The van der Waals surface area contributed by atoms with E-state index in [0.717, 1.165) is 0 Å². The van der Waals surface area contributed by atoms with Crippen LogP contribution in [-0.2, 0) is 14.4 Å². The molecule has 0 bridgehead atoms. The van der Waals surface area contributed by atoms with Gasteiger partial charge in [0.1, 0.15) is 6.29 Å². The molecular weight excluding hydrogens is 188 g/mol. The monoisotopic (exact) mass is 200 g/mol. The first-order chi connectivity index (χ1) is 6.56. The van der Waals surface area contributed by atoms with Gasteiger partial charge in [0.05, 0.1) is 11.8 Å². The smallest absolute Gasteiger partial charge is 0.307 e. The van der Waals surface area contributed by atoms with Gasteiger partial charge in [-0.2, -0.15) is 0 Å². The van der Waals surface area contributed by atoms with Gasteiger partial charge in [-0.15, -0.1) is 0 Å². The van der Waals surface area contributed by atoms with E-state index in [2.05, 4.69) is 0 Å². The van der Waals surface area contributed by atoms with Crippen LogP contribution in [0, 0.1) is 17.8 Å². The van der Waals surface area contributed by atoms with Gasteiger partial charge in [-0.1, -0.05) is 0 Å². The number of hydrogen-bond donors (Lipinski definition) is 2. The van der Waals surface area contributed by atoms with Crippen LogP contribution >= 0.6 is 0 Å². The molecule has 2 N–H and O–H groups in total. The van der Waals surface area contributed by atoms with Gasteiger partial charge in [-0.05, 0) is 19.3 Å². The van der Waals surface area contributed by atoms with Gasteiger partial charge >= 0.3 is 11.9 Å². The predicted octanol–water partition coefficient (Wildman–Crippen LogP) is 0.387. The molecule has 0 amide bonds. The van der Waals surface area contributed by atoms with Crippen LogP contribution in [0.3, 0.4) is 0 Å². The number of carbonyl (C=O) groups is 3. The zero-order chi connectivity index (χ0) is 10.7. The standard InChI is InChI=1S/C9H12O5/c10-4-5-1-2-6(8(11)12)7(3-5)9(13)14/h4-7H,1-3H2,(H,11,12)(H,13,14)/t5?,6-,7-/m0/s1. The van der Waals surface area contributed by atoms with E-state index in [1.165, 1.54) is 0 Å². The Morgan fingerprint density at radius 1 is 1.07 bits per heavy atom. The fourth-order valence-electron chi connectivity index (χ4n) is 1.90. The van der Waals surface area contributed by atoms with Crippen molar-refractivity contribution in [3.63, 3.8) is 0 Å². The van der Waals surface area contributed by atoms with Gasteiger partial charge in [0, 0.05) is 5.92 Å². The molecule has 1 saturated carbocycles. The van der Waals surface area contributed by atoms with Crippen molar-refractivity contribution in [2.75, 3.05) is 0 Å². The molecule has 0 aliphatic heterocycles. The largest absolute Gasteiger partial charge is 0.481 e. The molecule has 1 fully saturated rings. The van der Waals surface area contributed by atoms with E-state index in [0.29, 0.717) is 12.7 Å². The molecule has 0 heterocycles. The lowest BCUT2D eigenvalue weighted by Crippen LogP contribution is -2.35. The Labute approximate surface area is 80.7 Å². The van der Waals surface area contributed by atoms with E-state index in [1.807, 2.05) is 0 Å². The number of carboxylic acids is 2. The lowest BCUT2D eigenvalue weighted by Gasteiger charge is -2.28. The molecule has 0 aromatic heterocycles. The third kappa shape index (κ3) is 2.10. The molecule has 78 valence electrons. The first-order valence-electron chi connectivity index (χ1n) is 4.47. The van der Waals surface area contributed by atoms with Gasteiger partial charge in [0.15, 0.2) is 0 Å². The minimum Gasteiger partial charge on any atom is -0.481 e. The van der Waals surface area contributed by atoms with Crippen molar-refractivity contribution in [1.82, 2.24) is 0 Å². The van der Waals surface area contributed by atoms with E-state index < -0.39 is 23.8 Å². The fourth-order valence-corrected chi connectivity index (χ4v) is 1.90. The van der Waals surface area contributed by atoms with Crippen LogP contribution in [0.4, 0.5) is 0 Å². The summed E-state index contributed by atoms with van der Waals surface area (Å²) in [6.45, 7) is 0. The first-order valence-corrected chi connectivity index (χ1v) is 4.47. The van der Waals surface area contributed by atoms with Crippen molar-refractivity contribution in [1.29, 1.82) is 0 Å². The highest BCUT2D eigenvalue weighted by molar-refractivity contribution is 5.80. The third-order valence-electron chi connectivity index (χ3n) is 2.72. The number of hydrogen-bond acceptors (Lipinski definition) is 3. The number of aliphatic carboxylic acids is 2. The van der Waals surface area contributed by atoms with Crippen LogP contribution in [0.5, 0.6) is 0 Å². The van der Waals surface area contributed by atoms with Gasteiger partial charge in [0.25, 0.3) is 0 Å². The quantitative estimate of drug-likeness (QED) is 0.643. The van der Waals surface area contributed by atoms with Crippen LogP contribution in [0.1, 0.15) is 19.3 Å². The van der Waals surface area contributed by atoms with E-state index in [4.69, 9.17) is 10.2 Å². The summed E-state index contributed by atoms with van der Waals surface area (Å²) in [6.07, 6.45) is 1.61. The summed E-state index contributed by atoms with van der Waals surface area (Å²) < 4.78 is 0. The summed E-state index contributed by atoms with van der Waals surface area (Å²) in [5.74, 6) is -4.27. The zero-order valence-corrected chi connectivity index (χ0v) is 7.55. The number of carbonyl (C=O) groups excluding carboxylic acids is 1. The number of aldehydes is 1. The Kier molecular flexibility index (Phi) is 3.22. The number of carboxylic acid groups (broad SMARTS) is 2. The molecule has 5 heteroatoms. The van der Waals surface area contributed by atoms with E-state index in [-0.39, 0.29) is 18.8 Å². The molecule has 0 aromatic rings. The van der Waals surface area contributed by atoms with Gasteiger partial charge in [-0.3, -0.25) is 9.59 Å². The molecule has 1 rings (SSSR count). The lowest BCUT2D eigenvalue weighted by atomic mass is 9.74. The summed E-state index contributed by atoms with van der Waals surface area (Å²) in [6, 6.07) is 0. The first kappa shape index (κ1) is 10.7. The highest BCUT2D eigenvalue weighted by Gasteiger charge is 2.39. The zero-order valence-electron chi connectivity index (χ0n) is 7.55. The van der Waals surface area contributed by atoms with Gasteiger partial charge < -0.3 is 15.0 Å². The minimum atomic E-state index is -1.12. The van der Waals surface area contributed by atoms with Gasteiger partial charge in [0.2, 0.25) is 0 Å². The molecular formula is C9H12O5. The summed E-state index contributed by atoms with van der Waals surface area (Å²) in [5, 5.41) is 17.6. The fraction of sp³-hybridized carbons (Fsp3) is 0.667. The number of rotatable bonds is 3. The molecule has 0 saturated heterocycles. The topological polar surface area (TPSA) is 91.7 Å². The van der Waals surface area contributed by atoms with Crippen LogP contribution in [0.2, 0.25) is 0 Å². The molecule has 5 nitrogen and oxygen atoms in total. The van der Waals surface area contributed by atoms with Crippen LogP contribution in [-0.4, -0.2) is 28.4 Å². The maximum atomic E-state index is 10.8. The van der Waals surface area contributed by atoms with Crippen molar-refractivity contribution >= 4 is 18.2 Å². The summed E-state index contributed by atoms with van der Waals surface area (Å²) in [7, 11) is 0. The maximum absolute atomic E-state index is 10.8. The van der Waals surface area contributed by atoms with Crippen molar-refractivity contribution in [3.05, 3.63) is 0 Å². The molecule has 14 heavy (non-hydrogen) atoms. The van der Waals surface area contributed by atoms with Crippen molar-refractivity contribution < 1.29 is 24.6 Å². The third-order valence-corrected chi connectivity index (χ3v) is 2.72. The summed E-state index contributed by atoms with van der Waals surface area (Å²) >= 11 is 0. The lowest BCUT2D eigenvalue weighted by molar-refractivity contribution is -0.156. The SMILES string of the molecule is O=CC1CC[C@H](C(=O)O)[C@@H](C(=O)O)C1. The highest BCUT2D eigenvalue weighted by atomic mass is 16.4. The summed E-state index contributed by atoms with van der Waals surface area (Å²) in [5.41, 5.74) is 0. The Balaban J connectivity index is 2.75. The molecule has 1 aliphatic carbocycles. The van der Waals surface area contributed by atoms with Crippen LogP contribution < -0.4 is 0 Å². The van der Waals surface area contributed by atoms with E-state index in [9.17, 15) is 14.4 Å².